The van der Waals surface area contributed by atoms with Gasteiger partial charge in [0.05, 0.1) is 19.0 Å². The molecular weight excluding hydrogens is 254 g/mol. The summed E-state index contributed by atoms with van der Waals surface area (Å²) in [5.74, 6) is 0.751. The summed E-state index contributed by atoms with van der Waals surface area (Å²) in [6.45, 7) is 2.77. The lowest BCUT2D eigenvalue weighted by atomic mass is 10.1. The maximum absolute atomic E-state index is 11.0. The molecule has 0 atom stereocenters. The average Bonchev–Trinajstić information content (AvgIpc) is 2.48. The van der Waals surface area contributed by atoms with E-state index in [1.807, 2.05) is 0 Å². The van der Waals surface area contributed by atoms with E-state index in [1.165, 1.54) is 18.2 Å². The number of rotatable bonds is 4. The Balaban J connectivity index is 1.90. The molecule has 104 valence electrons. The van der Waals surface area contributed by atoms with Crippen molar-refractivity contribution in [2.75, 3.05) is 17.7 Å². The topological polar surface area (TPSA) is 63.2 Å². The molecule has 0 radical (unpaired) electrons. The van der Waals surface area contributed by atoms with Gasteiger partial charge in [0.2, 0.25) is 0 Å². The van der Waals surface area contributed by atoms with Crippen molar-refractivity contribution in [1.29, 1.82) is 0 Å². The number of nitrogens with zero attached hydrogens (tertiary/aromatic N) is 1. The zero-order valence-electron chi connectivity index (χ0n) is 11.5. The van der Waals surface area contributed by atoms with Crippen molar-refractivity contribution >= 4 is 17.6 Å². The van der Waals surface area contributed by atoms with E-state index >= 15 is 0 Å². The highest BCUT2D eigenvalue weighted by Gasteiger charge is 2.01. The van der Waals surface area contributed by atoms with Crippen LogP contribution in [0.5, 0.6) is 0 Å². The quantitative estimate of drug-likeness (QED) is 0.896. The summed E-state index contributed by atoms with van der Waals surface area (Å²) in [7, 11) is 1.32. The van der Waals surface area contributed by atoms with Gasteiger partial charge in [-0.05, 0) is 24.6 Å². The fourth-order valence-corrected chi connectivity index (χ4v) is 1.64. The first-order valence-electron chi connectivity index (χ1n) is 6.28. The summed E-state index contributed by atoms with van der Waals surface area (Å²) in [5.41, 5.74) is 3.03. The largest absolute Gasteiger partial charge is 0.453 e. The maximum atomic E-state index is 11.0. The third-order valence-corrected chi connectivity index (χ3v) is 2.79. The van der Waals surface area contributed by atoms with Crippen molar-refractivity contribution in [2.24, 2.45) is 0 Å². The molecule has 20 heavy (non-hydrogen) atoms. The number of anilines is 2. The van der Waals surface area contributed by atoms with E-state index in [0.29, 0.717) is 12.2 Å². The SMILES string of the molecule is COC(=O)Nc1ccc(NCc2ccc(C)cc2)nc1. The Morgan fingerprint density at radius 3 is 2.55 bits per heavy atom. The first-order valence-corrected chi connectivity index (χ1v) is 6.28. The molecule has 0 saturated carbocycles. The summed E-state index contributed by atoms with van der Waals surface area (Å²) in [5, 5.41) is 5.77. The molecule has 1 aromatic carbocycles. The van der Waals surface area contributed by atoms with Crippen LogP contribution in [-0.2, 0) is 11.3 Å². The minimum absolute atomic E-state index is 0.507. The van der Waals surface area contributed by atoms with Gasteiger partial charge < -0.3 is 10.1 Å². The third-order valence-electron chi connectivity index (χ3n) is 2.79. The van der Waals surface area contributed by atoms with Crippen molar-refractivity contribution in [3.8, 4) is 0 Å². The zero-order chi connectivity index (χ0) is 14.4. The van der Waals surface area contributed by atoms with Gasteiger partial charge in [-0.1, -0.05) is 29.8 Å². The molecule has 0 saturated heterocycles. The summed E-state index contributed by atoms with van der Waals surface area (Å²) in [4.78, 5) is 15.2. The molecule has 2 rings (SSSR count). The average molecular weight is 271 g/mol. The molecule has 0 spiro atoms. The van der Waals surface area contributed by atoms with E-state index in [-0.39, 0.29) is 0 Å². The van der Waals surface area contributed by atoms with Crippen molar-refractivity contribution in [1.82, 2.24) is 4.98 Å². The lowest BCUT2D eigenvalue weighted by Crippen LogP contribution is -2.11. The number of carbonyl (C=O) groups is 1. The number of nitrogens with one attached hydrogen (secondary N) is 2. The van der Waals surface area contributed by atoms with E-state index in [0.717, 1.165) is 5.82 Å². The zero-order valence-corrected chi connectivity index (χ0v) is 11.5. The van der Waals surface area contributed by atoms with Gasteiger partial charge in [0, 0.05) is 6.54 Å². The Morgan fingerprint density at radius 1 is 1.20 bits per heavy atom. The van der Waals surface area contributed by atoms with Crippen LogP contribution in [0.1, 0.15) is 11.1 Å². The van der Waals surface area contributed by atoms with E-state index in [1.54, 1.807) is 18.3 Å². The third kappa shape index (κ3) is 3.98. The second kappa shape index (κ2) is 6.56. The standard InChI is InChI=1S/C15H17N3O2/c1-11-3-5-12(6-4-11)9-16-14-8-7-13(10-17-14)18-15(19)20-2/h3-8,10H,9H2,1-2H3,(H,16,17)(H,18,19). The molecule has 1 heterocycles. The number of benzene rings is 1. The molecule has 0 aliphatic rings. The first-order chi connectivity index (χ1) is 9.67. The number of aryl methyl sites for hydroxylation is 1. The molecule has 0 bridgehead atoms. The van der Waals surface area contributed by atoms with Gasteiger partial charge in [0.25, 0.3) is 0 Å². The van der Waals surface area contributed by atoms with Crippen LogP contribution in [0.25, 0.3) is 0 Å². The van der Waals surface area contributed by atoms with Gasteiger partial charge in [0.15, 0.2) is 0 Å². The van der Waals surface area contributed by atoms with Crippen LogP contribution in [0.3, 0.4) is 0 Å². The van der Waals surface area contributed by atoms with E-state index in [2.05, 4.69) is 51.5 Å². The summed E-state index contributed by atoms with van der Waals surface area (Å²) in [6.07, 6.45) is 1.07. The van der Waals surface area contributed by atoms with Crippen LogP contribution in [-0.4, -0.2) is 18.2 Å². The number of amides is 1. The highest BCUT2D eigenvalue weighted by molar-refractivity contribution is 5.84. The van der Waals surface area contributed by atoms with Crippen LogP contribution in [0.15, 0.2) is 42.6 Å². The number of methoxy groups -OCH3 is 1. The molecule has 2 aromatic rings. The van der Waals surface area contributed by atoms with Crippen LogP contribution in [0.2, 0.25) is 0 Å². The minimum atomic E-state index is -0.507. The van der Waals surface area contributed by atoms with Gasteiger partial charge in [-0.3, -0.25) is 5.32 Å². The fraction of sp³-hybridized carbons (Fsp3) is 0.200. The Labute approximate surface area is 118 Å². The summed E-state index contributed by atoms with van der Waals surface area (Å²) >= 11 is 0. The number of hydrogen-bond donors (Lipinski definition) is 2. The number of hydrogen-bond acceptors (Lipinski definition) is 4. The highest BCUT2D eigenvalue weighted by Crippen LogP contribution is 2.11. The van der Waals surface area contributed by atoms with Crippen molar-refractivity contribution in [3.63, 3.8) is 0 Å². The van der Waals surface area contributed by atoms with Gasteiger partial charge in [-0.15, -0.1) is 0 Å². The minimum Gasteiger partial charge on any atom is -0.453 e. The lowest BCUT2D eigenvalue weighted by Gasteiger charge is -2.07. The Kier molecular flexibility index (Phi) is 4.55. The summed E-state index contributed by atoms with van der Waals surface area (Å²) in [6, 6.07) is 11.9. The first kappa shape index (κ1) is 13.9. The summed E-state index contributed by atoms with van der Waals surface area (Å²) < 4.78 is 4.51. The van der Waals surface area contributed by atoms with Gasteiger partial charge >= 0.3 is 6.09 Å². The van der Waals surface area contributed by atoms with Crippen molar-refractivity contribution < 1.29 is 9.53 Å². The number of carbonyl (C=O) groups excluding carboxylic acids is 1. The smallest absolute Gasteiger partial charge is 0.411 e. The molecule has 1 amide bonds. The van der Waals surface area contributed by atoms with Gasteiger partial charge in [-0.2, -0.15) is 0 Å². The van der Waals surface area contributed by atoms with Gasteiger partial charge in [0.1, 0.15) is 5.82 Å². The Hall–Kier alpha value is -2.56. The fourth-order valence-electron chi connectivity index (χ4n) is 1.64. The number of aromatic nitrogens is 1. The predicted octanol–water partition coefficient (Wildman–Crippen LogP) is 3.18. The van der Waals surface area contributed by atoms with E-state index in [9.17, 15) is 4.79 Å². The normalized spacial score (nSPS) is 9.90. The van der Waals surface area contributed by atoms with Crippen LogP contribution >= 0.6 is 0 Å². The molecular formula is C15H17N3O2. The highest BCUT2D eigenvalue weighted by atomic mass is 16.5. The van der Waals surface area contributed by atoms with Crippen LogP contribution in [0.4, 0.5) is 16.3 Å². The van der Waals surface area contributed by atoms with Crippen molar-refractivity contribution in [3.05, 3.63) is 53.7 Å². The van der Waals surface area contributed by atoms with Crippen molar-refractivity contribution in [2.45, 2.75) is 13.5 Å². The predicted molar refractivity (Wildman–Crippen MR) is 78.8 cm³/mol. The molecule has 0 unspecified atom stereocenters. The molecule has 2 N–H and O–H groups in total. The number of ether oxygens (including phenoxy) is 1. The Morgan fingerprint density at radius 2 is 1.95 bits per heavy atom. The molecule has 1 aromatic heterocycles. The van der Waals surface area contributed by atoms with Crippen LogP contribution < -0.4 is 10.6 Å². The van der Waals surface area contributed by atoms with E-state index < -0.39 is 6.09 Å². The molecule has 5 heteroatoms. The maximum Gasteiger partial charge on any atom is 0.411 e. The lowest BCUT2D eigenvalue weighted by molar-refractivity contribution is 0.187. The molecule has 0 fully saturated rings. The molecule has 0 aliphatic heterocycles. The second-order valence-corrected chi connectivity index (χ2v) is 4.39. The van der Waals surface area contributed by atoms with Gasteiger partial charge in [-0.25, -0.2) is 9.78 Å². The molecule has 0 aliphatic carbocycles. The second-order valence-electron chi connectivity index (χ2n) is 4.39. The number of pyridine rings is 1. The Bertz CT molecular complexity index is 565. The monoisotopic (exact) mass is 271 g/mol. The molecule has 5 nitrogen and oxygen atoms in total. The van der Waals surface area contributed by atoms with E-state index in [4.69, 9.17) is 0 Å². The van der Waals surface area contributed by atoms with Crippen LogP contribution in [0, 0.1) is 6.92 Å².